The van der Waals surface area contributed by atoms with Crippen molar-refractivity contribution in [1.82, 2.24) is 14.6 Å². The summed E-state index contributed by atoms with van der Waals surface area (Å²) in [5.74, 6) is -0.0101. The van der Waals surface area contributed by atoms with Crippen molar-refractivity contribution in [2.45, 2.75) is 6.42 Å². The molecule has 0 radical (unpaired) electrons. The molecule has 0 spiro atoms. The van der Waals surface area contributed by atoms with Crippen LogP contribution in [0.2, 0.25) is 0 Å². The molecule has 0 aliphatic carbocycles. The standard InChI is InChI=1S/C21H24N4OS/c1-24-12-14-25(15-13-24)19-8-4-2-7-17(19)21(26)22-11-10-18-16-6-3-5-9-20(16)27-23-18/h2-9H,10-15H2,1H3,(H,22,26). The van der Waals surface area contributed by atoms with Gasteiger partial charge in [0.25, 0.3) is 5.91 Å². The predicted octanol–water partition coefficient (Wildman–Crippen LogP) is 3.02. The average molecular weight is 381 g/mol. The van der Waals surface area contributed by atoms with E-state index in [0.29, 0.717) is 6.54 Å². The fourth-order valence-corrected chi connectivity index (χ4v) is 4.32. The second-order valence-corrected chi connectivity index (χ2v) is 7.74. The fourth-order valence-electron chi connectivity index (χ4n) is 3.50. The minimum absolute atomic E-state index is 0.0101. The minimum Gasteiger partial charge on any atom is -0.368 e. The Morgan fingerprint density at radius 2 is 1.81 bits per heavy atom. The highest BCUT2D eigenvalue weighted by molar-refractivity contribution is 7.13. The number of para-hydroxylation sites is 1. The van der Waals surface area contributed by atoms with Crippen LogP contribution in [0.15, 0.2) is 48.5 Å². The molecule has 2 aromatic carbocycles. The van der Waals surface area contributed by atoms with E-state index in [2.05, 4.69) is 38.7 Å². The van der Waals surface area contributed by atoms with E-state index in [9.17, 15) is 4.79 Å². The minimum atomic E-state index is -0.0101. The van der Waals surface area contributed by atoms with Crippen LogP contribution in [0.4, 0.5) is 5.69 Å². The number of hydrogen-bond acceptors (Lipinski definition) is 5. The van der Waals surface area contributed by atoms with Gasteiger partial charge in [-0.3, -0.25) is 4.79 Å². The van der Waals surface area contributed by atoms with Crippen molar-refractivity contribution in [2.24, 2.45) is 0 Å². The van der Waals surface area contributed by atoms with Crippen molar-refractivity contribution < 1.29 is 4.79 Å². The Morgan fingerprint density at radius 3 is 2.67 bits per heavy atom. The van der Waals surface area contributed by atoms with E-state index in [-0.39, 0.29) is 5.91 Å². The quantitative estimate of drug-likeness (QED) is 0.739. The first-order valence-electron chi connectivity index (χ1n) is 9.36. The first-order chi connectivity index (χ1) is 13.2. The summed E-state index contributed by atoms with van der Waals surface area (Å²) in [7, 11) is 2.14. The number of likely N-dealkylation sites (N-methyl/N-ethyl adjacent to an activating group) is 1. The second-order valence-electron chi connectivity index (χ2n) is 6.94. The van der Waals surface area contributed by atoms with Crippen molar-refractivity contribution in [3.8, 4) is 0 Å². The molecular weight excluding hydrogens is 356 g/mol. The number of benzene rings is 2. The molecule has 0 saturated carbocycles. The van der Waals surface area contributed by atoms with Crippen molar-refractivity contribution in [2.75, 3.05) is 44.7 Å². The number of anilines is 1. The number of nitrogens with one attached hydrogen (secondary N) is 1. The molecule has 0 bridgehead atoms. The van der Waals surface area contributed by atoms with Crippen molar-refractivity contribution in [1.29, 1.82) is 0 Å². The zero-order valence-electron chi connectivity index (χ0n) is 15.5. The van der Waals surface area contributed by atoms with Gasteiger partial charge in [0.2, 0.25) is 0 Å². The average Bonchev–Trinajstić information content (AvgIpc) is 3.12. The molecule has 1 fully saturated rings. The topological polar surface area (TPSA) is 48.5 Å². The van der Waals surface area contributed by atoms with Crippen molar-refractivity contribution in [3.05, 3.63) is 59.8 Å². The first kappa shape index (κ1) is 17.9. The summed E-state index contributed by atoms with van der Waals surface area (Å²) in [6.45, 7) is 4.53. The van der Waals surface area contributed by atoms with Crippen LogP contribution >= 0.6 is 11.5 Å². The van der Waals surface area contributed by atoms with Gasteiger partial charge in [-0.25, -0.2) is 0 Å². The van der Waals surface area contributed by atoms with E-state index in [1.165, 1.54) is 21.6 Å². The number of nitrogens with zero attached hydrogens (tertiary/aromatic N) is 3. The number of hydrogen-bond donors (Lipinski definition) is 1. The largest absolute Gasteiger partial charge is 0.368 e. The van der Waals surface area contributed by atoms with Crippen molar-refractivity contribution >= 4 is 33.2 Å². The maximum atomic E-state index is 12.8. The smallest absolute Gasteiger partial charge is 0.253 e. The van der Waals surface area contributed by atoms with E-state index < -0.39 is 0 Å². The summed E-state index contributed by atoms with van der Waals surface area (Å²) in [5.41, 5.74) is 2.84. The molecule has 2 heterocycles. The fraction of sp³-hybridized carbons (Fsp3) is 0.333. The molecule has 1 N–H and O–H groups in total. The van der Waals surface area contributed by atoms with Gasteiger partial charge in [0.15, 0.2) is 0 Å². The number of carbonyl (C=O) groups is 1. The highest BCUT2D eigenvalue weighted by Gasteiger charge is 2.19. The van der Waals surface area contributed by atoms with E-state index >= 15 is 0 Å². The SMILES string of the molecule is CN1CCN(c2ccccc2C(=O)NCCc2nsc3ccccc23)CC1. The summed E-state index contributed by atoms with van der Waals surface area (Å²) in [5, 5.41) is 4.27. The Morgan fingerprint density at radius 1 is 1.07 bits per heavy atom. The number of rotatable bonds is 5. The lowest BCUT2D eigenvalue weighted by Gasteiger charge is -2.35. The monoisotopic (exact) mass is 380 g/mol. The summed E-state index contributed by atoms with van der Waals surface area (Å²) in [6, 6.07) is 16.1. The van der Waals surface area contributed by atoms with Gasteiger partial charge < -0.3 is 15.1 Å². The van der Waals surface area contributed by atoms with Crippen LogP contribution in [-0.2, 0) is 6.42 Å². The van der Waals surface area contributed by atoms with Gasteiger partial charge in [-0.05, 0) is 36.8 Å². The van der Waals surface area contributed by atoms with Crippen LogP contribution in [0.25, 0.3) is 10.1 Å². The molecule has 1 amide bonds. The Bertz CT molecular complexity index is 931. The molecule has 1 aliphatic rings. The lowest BCUT2D eigenvalue weighted by Crippen LogP contribution is -2.45. The van der Waals surface area contributed by atoms with Crippen LogP contribution in [0.3, 0.4) is 0 Å². The van der Waals surface area contributed by atoms with Crippen LogP contribution in [-0.4, -0.2) is 55.0 Å². The third-order valence-electron chi connectivity index (χ3n) is 5.09. The predicted molar refractivity (Wildman–Crippen MR) is 112 cm³/mol. The van der Waals surface area contributed by atoms with Crippen molar-refractivity contribution in [3.63, 3.8) is 0 Å². The number of aromatic nitrogens is 1. The van der Waals surface area contributed by atoms with Gasteiger partial charge in [0.1, 0.15) is 0 Å². The molecule has 5 nitrogen and oxygen atoms in total. The Labute approximate surface area is 163 Å². The third kappa shape index (κ3) is 3.96. The van der Waals surface area contributed by atoms with Gasteiger partial charge >= 0.3 is 0 Å². The highest BCUT2D eigenvalue weighted by Crippen LogP contribution is 2.23. The molecule has 1 saturated heterocycles. The third-order valence-corrected chi connectivity index (χ3v) is 5.96. The van der Waals surface area contributed by atoms with Gasteiger partial charge in [-0.2, -0.15) is 4.37 Å². The summed E-state index contributed by atoms with van der Waals surface area (Å²) in [4.78, 5) is 17.4. The number of amides is 1. The lowest BCUT2D eigenvalue weighted by molar-refractivity contribution is 0.0954. The number of piperazine rings is 1. The molecule has 27 heavy (non-hydrogen) atoms. The molecular formula is C21H24N4OS. The number of carbonyl (C=O) groups excluding carboxylic acids is 1. The molecule has 140 valence electrons. The summed E-state index contributed by atoms with van der Waals surface area (Å²) >= 11 is 1.52. The van der Waals surface area contributed by atoms with Gasteiger partial charge in [-0.15, -0.1) is 0 Å². The van der Waals surface area contributed by atoms with E-state index in [0.717, 1.165) is 49.5 Å². The van der Waals surface area contributed by atoms with Crippen LogP contribution in [0.1, 0.15) is 16.1 Å². The van der Waals surface area contributed by atoms with E-state index in [1.54, 1.807) is 0 Å². The Balaban J connectivity index is 1.41. The molecule has 1 aromatic heterocycles. The lowest BCUT2D eigenvalue weighted by atomic mass is 10.1. The van der Waals surface area contributed by atoms with Crippen LogP contribution < -0.4 is 10.2 Å². The molecule has 6 heteroatoms. The molecule has 1 aliphatic heterocycles. The van der Waals surface area contributed by atoms with E-state index in [1.807, 2.05) is 36.4 Å². The van der Waals surface area contributed by atoms with Crippen LogP contribution in [0.5, 0.6) is 0 Å². The maximum absolute atomic E-state index is 12.8. The normalized spacial score (nSPS) is 15.2. The first-order valence-corrected chi connectivity index (χ1v) is 10.1. The van der Waals surface area contributed by atoms with E-state index in [4.69, 9.17) is 0 Å². The molecule has 3 aromatic rings. The van der Waals surface area contributed by atoms with Gasteiger partial charge in [0, 0.05) is 50.2 Å². The summed E-state index contributed by atoms with van der Waals surface area (Å²) in [6.07, 6.45) is 0.742. The molecule has 0 atom stereocenters. The zero-order valence-corrected chi connectivity index (χ0v) is 16.3. The Kier molecular flexibility index (Phi) is 5.36. The molecule has 4 rings (SSSR count). The Hall–Kier alpha value is -2.44. The van der Waals surface area contributed by atoms with Gasteiger partial charge in [-0.1, -0.05) is 30.3 Å². The van der Waals surface area contributed by atoms with Crippen LogP contribution in [0, 0.1) is 0 Å². The highest BCUT2D eigenvalue weighted by atomic mass is 32.1. The number of fused-ring (bicyclic) bond motifs is 1. The van der Waals surface area contributed by atoms with Gasteiger partial charge in [0.05, 0.1) is 16.0 Å². The maximum Gasteiger partial charge on any atom is 0.253 e. The second kappa shape index (κ2) is 8.06. The summed E-state index contributed by atoms with van der Waals surface area (Å²) < 4.78 is 5.73. The zero-order chi connectivity index (χ0) is 18.6. The molecule has 0 unspecified atom stereocenters.